The van der Waals surface area contributed by atoms with Gasteiger partial charge in [-0.05, 0) is 50.0 Å². The standard InChI is InChI=1S/C19H22ClNO4/c20-15-1-2-17-13(10-15)9-14(12-24-17)18(22)21-16-3-6-25-19(11-16)4-7-23-8-5-19/h1-2,9-10,16H,3-8,11-12H2,(H,21,22)/t16-/m0/s1. The van der Waals surface area contributed by atoms with Gasteiger partial charge in [0.2, 0.25) is 0 Å². The Balaban J connectivity index is 1.43. The Morgan fingerprint density at radius 1 is 1.24 bits per heavy atom. The van der Waals surface area contributed by atoms with Crippen LogP contribution in [0.25, 0.3) is 6.08 Å². The van der Waals surface area contributed by atoms with Gasteiger partial charge in [0, 0.05) is 36.4 Å². The van der Waals surface area contributed by atoms with Crippen molar-refractivity contribution in [1.29, 1.82) is 0 Å². The zero-order valence-corrected chi connectivity index (χ0v) is 14.8. The molecule has 0 saturated carbocycles. The molecule has 1 atom stereocenters. The van der Waals surface area contributed by atoms with Gasteiger partial charge in [0.1, 0.15) is 12.4 Å². The van der Waals surface area contributed by atoms with Crippen LogP contribution in [0.3, 0.4) is 0 Å². The quantitative estimate of drug-likeness (QED) is 0.877. The van der Waals surface area contributed by atoms with Crippen molar-refractivity contribution < 1.29 is 19.0 Å². The fraction of sp³-hybridized carbons (Fsp3) is 0.526. The lowest BCUT2D eigenvalue weighted by molar-refractivity contribution is -0.143. The number of carbonyl (C=O) groups is 1. The molecule has 134 valence electrons. The van der Waals surface area contributed by atoms with Crippen molar-refractivity contribution in [3.63, 3.8) is 0 Å². The van der Waals surface area contributed by atoms with Crippen molar-refractivity contribution >= 4 is 23.6 Å². The van der Waals surface area contributed by atoms with Crippen LogP contribution in [-0.2, 0) is 14.3 Å². The van der Waals surface area contributed by atoms with Crippen molar-refractivity contribution in [2.24, 2.45) is 0 Å². The Labute approximate surface area is 152 Å². The molecule has 0 unspecified atom stereocenters. The van der Waals surface area contributed by atoms with Crippen LogP contribution in [0.5, 0.6) is 5.75 Å². The Bertz CT molecular complexity index is 691. The average molecular weight is 364 g/mol. The Morgan fingerprint density at radius 2 is 2.08 bits per heavy atom. The van der Waals surface area contributed by atoms with E-state index in [1.807, 2.05) is 18.2 Å². The first-order valence-corrected chi connectivity index (χ1v) is 9.17. The van der Waals surface area contributed by atoms with Crippen molar-refractivity contribution in [3.8, 4) is 5.75 Å². The molecule has 1 spiro atoms. The third kappa shape index (κ3) is 3.68. The minimum absolute atomic E-state index is 0.0697. The molecule has 3 aliphatic heterocycles. The average Bonchev–Trinajstić information content (AvgIpc) is 2.62. The molecule has 0 aromatic heterocycles. The number of ether oxygens (including phenoxy) is 3. The molecule has 25 heavy (non-hydrogen) atoms. The van der Waals surface area contributed by atoms with Crippen molar-refractivity contribution in [2.45, 2.75) is 37.3 Å². The van der Waals surface area contributed by atoms with E-state index in [1.54, 1.807) is 6.07 Å². The normalized spacial score (nSPS) is 24.8. The van der Waals surface area contributed by atoms with E-state index >= 15 is 0 Å². The maximum absolute atomic E-state index is 12.7. The fourth-order valence-electron chi connectivity index (χ4n) is 3.80. The van der Waals surface area contributed by atoms with E-state index < -0.39 is 0 Å². The summed E-state index contributed by atoms with van der Waals surface area (Å²) >= 11 is 6.03. The zero-order valence-electron chi connectivity index (χ0n) is 14.1. The number of carbonyl (C=O) groups excluding carboxylic acids is 1. The van der Waals surface area contributed by atoms with Gasteiger partial charge < -0.3 is 19.5 Å². The van der Waals surface area contributed by atoms with Gasteiger partial charge in [-0.1, -0.05) is 11.6 Å². The van der Waals surface area contributed by atoms with Gasteiger partial charge in [-0.3, -0.25) is 4.79 Å². The van der Waals surface area contributed by atoms with Crippen LogP contribution in [0.4, 0.5) is 0 Å². The highest BCUT2D eigenvalue weighted by molar-refractivity contribution is 6.30. The SMILES string of the molecule is O=C(N[C@H]1CCOC2(CCOCC2)C1)C1=Cc2cc(Cl)ccc2OC1. The molecule has 4 rings (SSSR count). The summed E-state index contributed by atoms with van der Waals surface area (Å²) in [7, 11) is 0. The van der Waals surface area contributed by atoms with Crippen LogP contribution in [0.15, 0.2) is 23.8 Å². The van der Waals surface area contributed by atoms with E-state index in [9.17, 15) is 4.79 Å². The van der Waals surface area contributed by atoms with E-state index in [1.165, 1.54) is 0 Å². The lowest BCUT2D eigenvalue weighted by Gasteiger charge is -2.43. The van der Waals surface area contributed by atoms with Gasteiger partial charge in [-0.25, -0.2) is 0 Å². The number of rotatable bonds is 2. The van der Waals surface area contributed by atoms with Gasteiger partial charge in [0.15, 0.2) is 0 Å². The van der Waals surface area contributed by atoms with E-state index in [2.05, 4.69) is 5.32 Å². The van der Waals surface area contributed by atoms with Crippen molar-refractivity contribution in [2.75, 3.05) is 26.4 Å². The minimum Gasteiger partial charge on any atom is -0.488 e. The van der Waals surface area contributed by atoms with E-state index in [0.717, 1.165) is 50.2 Å². The first kappa shape index (κ1) is 16.9. The lowest BCUT2D eigenvalue weighted by atomic mass is 9.84. The summed E-state index contributed by atoms with van der Waals surface area (Å²) in [5.41, 5.74) is 1.34. The molecule has 5 nitrogen and oxygen atoms in total. The second-order valence-corrected chi connectivity index (χ2v) is 7.38. The molecule has 3 aliphatic rings. The summed E-state index contributed by atoms with van der Waals surface area (Å²) in [6.07, 6.45) is 5.35. The van der Waals surface area contributed by atoms with Crippen molar-refractivity contribution in [1.82, 2.24) is 5.32 Å². The third-order valence-corrected chi connectivity index (χ3v) is 5.44. The van der Waals surface area contributed by atoms with E-state index in [-0.39, 0.29) is 24.2 Å². The Hall–Kier alpha value is -1.56. The number of benzene rings is 1. The van der Waals surface area contributed by atoms with Gasteiger partial charge in [-0.15, -0.1) is 0 Å². The smallest absolute Gasteiger partial charge is 0.250 e. The van der Waals surface area contributed by atoms with Crippen LogP contribution in [-0.4, -0.2) is 44.0 Å². The number of halogens is 1. The van der Waals surface area contributed by atoms with Crippen LogP contribution in [0, 0.1) is 0 Å². The molecule has 0 radical (unpaired) electrons. The lowest BCUT2D eigenvalue weighted by Crippen LogP contribution is -2.51. The number of nitrogens with one attached hydrogen (secondary N) is 1. The predicted molar refractivity (Wildman–Crippen MR) is 94.8 cm³/mol. The topological polar surface area (TPSA) is 56.8 Å². The molecule has 6 heteroatoms. The molecular weight excluding hydrogens is 342 g/mol. The molecule has 1 amide bonds. The summed E-state index contributed by atoms with van der Waals surface area (Å²) in [4.78, 5) is 12.7. The minimum atomic E-state index is -0.133. The first-order valence-electron chi connectivity index (χ1n) is 8.79. The number of amides is 1. The molecule has 2 fully saturated rings. The summed E-state index contributed by atoms with van der Waals surface area (Å²) in [5, 5.41) is 3.80. The number of fused-ring (bicyclic) bond motifs is 1. The van der Waals surface area contributed by atoms with Crippen molar-refractivity contribution in [3.05, 3.63) is 34.4 Å². The fourth-order valence-corrected chi connectivity index (χ4v) is 3.98. The zero-order chi connectivity index (χ0) is 17.3. The summed E-state index contributed by atoms with van der Waals surface area (Å²) < 4.78 is 17.2. The molecular formula is C19H22ClNO4. The molecule has 1 aromatic rings. The highest BCUT2D eigenvalue weighted by Gasteiger charge is 2.39. The molecule has 0 aliphatic carbocycles. The first-order chi connectivity index (χ1) is 12.1. The van der Waals surface area contributed by atoms with Gasteiger partial charge in [0.05, 0.1) is 11.2 Å². The number of hydrogen-bond acceptors (Lipinski definition) is 4. The van der Waals surface area contributed by atoms with Crippen LogP contribution >= 0.6 is 11.6 Å². The van der Waals surface area contributed by atoms with Gasteiger partial charge >= 0.3 is 0 Å². The summed E-state index contributed by atoms with van der Waals surface area (Å²) in [6, 6.07) is 5.56. The van der Waals surface area contributed by atoms with Crippen LogP contribution in [0.1, 0.15) is 31.2 Å². The highest BCUT2D eigenvalue weighted by atomic mass is 35.5. The largest absolute Gasteiger partial charge is 0.488 e. The molecule has 3 heterocycles. The predicted octanol–water partition coefficient (Wildman–Crippen LogP) is 2.96. The monoisotopic (exact) mass is 363 g/mol. The van der Waals surface area contributed by atoms with Gasteiger partial charge in [-0.2, -0.15) is 0 Å². The van der Waals surface area contributed by atoms with Gasteiger partial charge in [0.25, 0.3) is 5.91 Å². The molecule has 2 saturated heterocycles. The summed E-state index contributed by atoms with van der Waals surface area (Å²) in [5.74, 6) is 0.688. The molecule has 1 aromatic carbocycles. The highest BCUT2D eigenvalue weighted by Crippen LogP contribution is 2.34. The summed E-state index contributed by atoms with van der Waals surface area (Å²) in [6.45, 7) is 2.43. The van der Waals surface area contributed by atoms with E-state index in [4.69, 9.17) is 25.8 Å². The van der Waals surface area contributed by atoms with E-state index in [0.29, 0.717) is 17.2 Å². The third-order valence-electron chi connectivity index (χ3n) is 5.21. The Kier molecular flexibility index (Phi) is 4.71. The second kappa shape index (κ2) is 6.98. The maximum atomic E-state index is 12.7. The molecule has 0 bridgehead atoms. The Morgan fingerprint density at radius 3 is 2.92 bits per heavy atom. The second-order valence-electron chi connectivity index (χ2n) is 6.95. The maximum Gasteiger partial charge on any atom is 0.250 e. The molecule has 1 N–H and O–H groups in total. The van der Waals surface area contributed by atoms with Crippen LogP contribution in [0.2, 0.25) is 5.02 Å². The number of hydrogen-bond donors (Lipinski definition) is 1. The van der Waals surface area contributed by atoms with Crippen LogP contribution < -0.4 is 10.1 Å².